The van der Waals surface area contributed by atoms with Crippen molar-refractivity contribution >= 4 is 33.5 Å². The van der Waals surface area contributed by atoms with E-state index in [-0.39, 0.29) is 17.2 Å². The van der Waals surface area contributed by atoms with Crippen molar-refractivity contribution in [1.29, 1.82) is 0 Å². The van der Waals surface area contributed by atoms with Gasteiger partial charge >= 0.3 is 5.97 Å². The van der Waals surface area contributed by atoms with Gasteiger partial charge in [-0.05, 0) is 35.0 Å². The fourth-order valence-corrected chi connectivity index (χ4v) is 1.37. The molecule has 0 saturated carbocycles. The summed E-state index contributed by atoms with van der Waals surface area (Å²) in [6, 6.07) is 2.37. The van der Waals surface area contributed by atoms with Gasteiger partial charge in [-0.2, -0.15) is 0 Å². The van der Waals surface area contributed by atoms with E-state index >= 15 is 0 Å². The Balaban J connectivity index is 3.09. The molecule has 2 nitrogen and oxygen atoms in total. The van der Waals surface area contributed by atoms with Crippen molar-refractivity contribution in [2.24, 2.45) is 0 Å². The van der Waals surface area contributed by atoms with Gasteiger partial charge in [0.1, 0.15) is 5.82 Å². The second-order valence-corrected chi connectivity index (χ2v) is 3.73. The SMILES string of the molecule is CCOC(=O)c1cc(Cl)c(Br)cc1F. The summed E-state index contributed by atoms with van der Waals surface area (Å²) in [5.41, 5.74) is -0.153. The number of carbonyl (C=O) groups is 1. The van der Waals surface area contributed by atoms with Crippen LogP contribution in [0.3, 0.4) is 0 Å². The first-order valence-electron chi connectivity index (χ1n) is 3.88. The third kappa shape index (κ3) is 2.45. The van der Waals surface area contributed by atoms with E-state index in [0.29, 0.717) is 4.47 Å². The van der Waals surface area contributed by atoms with E-state index in [2.05, 4.69) is 20.7 Å². The molecule has 0 unspecified atom stereocenters. The molecule has 1 rings (SSSR count). The lowest BCUT2D eigenvalue weighted by Crippen LogP contribution is -2.07. The predicted octanol–water partition coefficient (Wildman–Crippen LogP) is 3.42. The summed E-state index contributed by atoms with van der Waals surface area (Å²) >= 11 is 8.75. The smallest absolute Gasteiger partial charge is 0.341 e. The molecule has 0 amide bonds. The summed E-state index contributed by atoms with van der Waals surface area (Å²) in [5.74, 6) is -1.36. The Bertz CT molecular complexity index is 368. The molecule has 0 aliphatic rings. The van der Waals surface area contributed by atoms with E-state index in [9.17, 15) is 9.18 Å². The van der Waals surface area contributed by atoms with Crippen LogP contribution in [0.25, 0.3) is 0 Å². The maximum absolute atomic E-state index is 13.2. The molecule has 0 aromatic heterocycles. The van der Waals surface area contributed by atoms with Crippen LogP contribution >= 0.6 is 27.5 Å². The molecule has 0 fully saturated rings. The van der Waals surface area contributed by atoms with Crippen LogP contribution in [0.4, 0.5) is 4.39 Å². The van der Waals surface area contributed by atoms with E-state index in [4.69, 9.17) is 11.6 Å². The number of carbonyl (C=O) groups excluding carboxylic acids is 1. The fraction of sp³-hybridized carbons (Fsp3) is 0.222. The molecule has 76 valence electrons. The Kier molecular flexibility index (Phi) is 3.89. The average molecular weight is 282 g/mol. The van der Waals surface area contributed by atoms with E-state index in [1.807, 2.05) is 0 Å². The summed E-state index contributed by atoms with van der Waals surface area (Å²) < 4.78 is 18.3. The summed E-state index contributed by atoms with van der Waals surface area (Å²) in [7, 11) is 0. The van der Waals surface area contributed by atoms with Crippen LogP contribution in [0, 0.1) is 5.82 Å². The van der Waals surface area contributed by atoms with Crippen LogP contribution in [-0.2, 0) is 4.74 Å². The number of rotatable bonds is 2. The second-order valence-electron chi connectivity index (χ2n) is 2.47. The molecule has 0 bridgehead atoms. The standard InChI is InChI=1S/C9H7BrClFO2/c1-2-14-9(13)5-3-7(11)6(10)4-8(5)12/h3-4H,2H2,1H3. The van der Waals surface area contributed by atoms with Gasteiger partial charge in [0.15, 0.2) is 0 Å². The largest absolute Gasteiger partial charge is 0.462 e. The van der Waals surface area contributed by atoms with Crippen molar-refractivity contribution in [2.45, 2.75) is 6.92 Å². The number of hydrogen-bond acceptors (Lipinski definition) is 2. The Hall–Kier alpha value is -0.610. The van der Waals surface area contributed by atoms with Crippen molar-refractivity contribution in [3.63, 3.8) is 0 Å². The minimum Gasteiger partial charge on any atom is -0.462 e. The van der Waals surface area contributed by atoms with E-state index in [0.717, 1.165) is 6.07 Å². The van der Waals surface area contributed by atoms with Gasteiger partial charge in [0.2, 0.25) is 0 Å². The topological polar surface area (TPSA) is 26.3 Å². The highest BCUT2D eigenvalue weighted by atomic mass is 79.9. The minimum absolute atomic E-state index is 0.153. The molecule has 1 aromatic carbocycles. The molecule has 0 heterocycles. The van der Waals surface area contributed by atoms with Gasteiger partial charge in [0, 0.05) is 4.47 Å². The van der Waals surface area contributed by atoms with Crippen LogP contribution in [0.1, 0.15) is 17.3 Å². The number of esters is 1. The first-order chi connectivity index (χ1) is 6.56. The highest BCUT2D eigenvalue weighted by molar-refractivity contribution is 9.10. The van der Waals surface area contributed by atoms with Gasteiger partial charge in [-0.1, -0.05) is 11.6 Å². The van der Waals surface area contributed by atoms with Gasteiger partial charge < -0.3 is 4.74 Å². The van der Waals surface area contributed by atoms with Crippen LogP contribution in [0.5, 0.6) is 0 Å². The van der Waals surface area contributed by atoms with Crippen molar-refractivity contribution in [3.8, 4) is 0 Å². The molecule has 0 N–H and O–H groups in total. The number of halogens is 3. The predicted molar refractivity (Wildman–Crippen MR) is 55.1 cm³/mol. The third-order valence-corrected chi connectivity index (χ3v) is 2.70. The van der Waals surface area contributed by atoms with Crippen molar-refractivity contribution in [3.05, 3.63) is 33.0 Å². The molecule has 0 aliphatic carbocycles. The average Bonchev–Trinajstić information content (AvgIpc) is 2.11. The Morgan fingerprint density at radius 3 is 2.86 bits per heavy atom. The lowest BCUT2D eigenvalue weighted by molar-refractivity contribution is 0.0521. The summed E-state index contributed by atoms with van der Waals surface area (Å²) in [4.78, 5) is 11.2. The molecular weight excluding hydrogens is 274 g/mol. The van der Waals surface area contributed by atoms with Gasteiger partial charge in [-0.25, -0.2) is 9.18 Å². The van der Waals surface area contributed by atoms with Crippen molar-refractivity contribution < 1.29 is 13.9 Å². The fourth-order valence-electron chi connectivity index (χ4n) is 0.888. The molecule has 0 radical (unpaired) electrons. The van der Waals surface area contributed by atoms with Gasteiger partial charge in [-0.3, -0.25) is 0 Å². The van der Waals surface area contributed by atoms with Gasteiger partial charge in [0.05, 0.1) is 17.2 Å². The molecule has 0 spiro atoms. The van der Waals surface area contributed by atoms with Gasteiger partial charge in [-0.15, -0.1) is 0 Å². The molecular formula is C9H7BrClFO2. The number of ether oxygens (including phenoxy) is 1. The normalized spacial score (nSPS) is 10.0. The Labute approximate surface area is 94.1 Å². The van der Waals surface area contributed by atoms with Crippen LogP contribution in [-0.4, -0.2) is 12.6 Å². The highest BCUT2D eigenvalue weighted by Crippen LogP contribution is 2.25. The lowest BCUT2D eigenvalue weighted by atomic mass is 10.2. The molecule has 1 aromatic rings. The Morgan fingerprint density at radius 1 is 1.64 bits per heavy atom. The minimum atomic E-state index is -0.709. The second kappa shape index (κ2) is 4.75. The zero-order valence-electron chi connectivity index (χ0n) is 7.31. The van der Waals surface area contributed by atoms with Crippen molar-refractivity contribution in [2.75, 3.05) is 6.61 Å². The summed E-state index contributed by atoms with van der Waals surface area (Å²) in [5, 5.41) is 0.273. The number of hydrogen-bond donors (Lipinski definition) is 0. The Morgan fingerprint density at radius 2 is 2.29 bits per heavy atom. The quantitative estimate of drug-likeness (QED) is 0.613. The summed E-state index contributed by atoms with van der Waals surface area (Å²) in [6.07, 6.45) is 0. The van der Waals surface area contributed by atoms with Crippen molar-refractivity contribution in [1.82, 2.24) is 0 Å². The lowest BCUT2D eigenvalue weighted by Gasteiger charge is -2.04. The van der Waals surface area contributed by atoms with Crippen LogP contribution in [0.15, 0.2) is 16.6 Å². The molecule has 0 aliphatic heterocycles. The van der Waals surface area contributed by atoms with E-state index in [1.165, 1.54) is 6.07 Å². The maximum atomic E-state index is 13.2. The van der Waals surface area contributed by atoms with E-state index < -0.39 is 11.8 Å². The molecule has 0 saturated heterocycles. The zero-order valence-corrected chi connectivity index (χ0v) is 9.65. The molecule has 0 atom stereocenters. The monoisotopic (exact) mass is 280 g/mol. The molecule has 5 heteroatoms. The first kappa shape index (κ1) is 11.5. The third-order valence-electron chi connectivity index (χ3n) is 1.51. The van der Waals surface area contributed by atoms with Gasteiger partial charge in [0.25, 0.3) is 0 Å². The highest BCUT2D eigenvalue weighted by Gasteiger charge is 2.14. The first-order valence-corrected chi connectivity index (χ1v) is 5.05. The summed E-state index contributed by atoms with van der Waals surface area (Å²) in [6.45, 7) is 1.85. The zero-order chi connectivity index (χ0) is 10.7. The van der Waals surface area contributed by atoms with E-state index in [1.54, 1.807) is 6.92 Å². The molecule has 14 heavy (non-hydrogen) atoms. The van der Waals surface area contributed by atoms with Crippen LogP contribution in [0.2, 0.25) is 5.02 Å². The maximum Gasteiger partial charge on any atom is 0.341 e. The number of benzene rings is 1. The van der Waals surface area contributed by atoms with Crippen LogP contribution < -0.4 is 0 Å².